The van der Waals surface area contributed by atoms with E-state index in [2.05, 4.69) is 10.5 Å². The summed E-state index contributed by atoms with van der Waals surface area (Å²) in [7, 11) is 0. The Morgan fingerprint density at radius 2 is 1.60 bits per heavy atom. The molecule has 0 saturated carbocycles. The minimum atomic E-state index is -0.306. The summed E-state index contributed by atoms with van der Waals surface area (Å²) in [5.41, 5.74) is 4.42. The fraction of sp³-hybridized carbons (Fsp3) is 0.0667. The van der Waals surface area contributed by atoms with Gasteiger partial charge in [0.05, 0.1) is 5.71 Å². The molecule has 0 aliphatic rings. The van der Waals surface area contributed by atoms with Gasteiger partial charge in [-0.1, -0.05) is 11.6 Å². The summed E-state index contributed by atoms with van der Waals surface area (Å²) in [4.78, 5) is 11.8. The molecule has 1 amide bonds. The fourth-order valence-electron chi connectivity index (χ4n) is 1.57. The molecule has 0 spiro atoms. The molecule has 0 aromatic heterocycles. The molecule has 0 aliphatic heterocycles. The summed E-state index contributed by atoms with van der Waals surface area (Å²) >= 11 is 5.76. The number of nitrogens with one attached hydrogen (secondary N) is 1. The van der Waals surface area contributed by atoms with E-state index in [0.29, 0.717) is 16.3 Å². The molecule has 0 unspecified atom stereocenters. The van der Waals surface area contributed by atoms with E-state index in [9.17, 15) is 9.90 Å². The van der Waals surface area contributed by atoms with Crippen LogP contribution in [0.25, 0.3) is 0 Å². The summed E-state index contributed by atoms with van der Waals surface area (Å²) < 4.78 is 0. The maximum Gasteiger partial charge on any atom is 0.271 e. The molecular formula is C15H13ClN2O2. The van der Waals surface area contributed by atoms with Gasteiger partial charge in [-0.05, 0) is 61.0 Å². The van der Waals surface area contributed by atoms with Gasteiger partial charge in [-0.25, -0.2) is 5.43 Å². The zero-order valence-electron chi connectivity index (χ0n) is 10.8. The highest BCUT2D eigenvalue weighted by molar-refractivity contribution is 6.30. The number of hydrogen-bond donors (Lipinski definition) is 2. The normalized spacial score (nSPS) is 11.2. The second kappa shape index (κ2) is 6.21. The quantitative estimate of drug-likeness (QED) is 0.673. The van der Waals surface area contributed by atoms with Gasteiger partial charge in [0.1, 0.15) is 5.75 Å². The van der Waals surface area contributed by atoms with Crippen LogP contribution >= 0.6 is 11.6 Å². The van der Waals surface area contributed by atoms with Gasteiger partial charge in [-0.2, -0.15) is 5.10 Å². The number of hydrogen-bond acceptors (Lipinski definition) is 3. The lowest BCUT2D eigenvalue weighted by atomic mass is 10.1. The van der Waals surface area contributed by atoms with E-state index in [4.69, 9.17) is 11.6 Å². The minimum Gasteiger partial charge on any atom is -0.508 e. The molecule has 0 saturated heterocycles. The van der Waals surface area contributed by atoms with Crippen LogP contribution in [-0.2, 0) is 0 Å². The third-order valence-corrected chi connectivity index (χ3v) is 2.97. The van der Waals surface area contributed by atoms with Crippen LogP contribution in [-0.4, -0.2) is 16.7 Å². The molecule has 0 aliphatic carbocycles. The standard InChI is InChI=1S/C15H13ClN2O2/c1-10(11-4-8-14(19)9-5-11)17-18-15(20)12-2-6-13(16)7-3-12/h2-9,19H,1H3,(H,18,20). The van der Waals surface area contributed by atoms with Gasteiger partial charge in [0.25, 0.3) is 5.91 Å². The van der Waals surface area contributed by atoms with Crippen LogP contribution in [0, 0.1) is 0 Å². The van der Waals surface area contributed by atoms with E-state index >= 15 is 0 Å². The Balaban J connectivity index is 2.06. The number of hydrazone groups is 1. The molecule has 0 heterocycles. The Hall–Kier alpha value is -2.33. The summed E-state index contributed by atoms with van der Waals surface area (Å²) in [6.07, 6.45) is 0. The van der Waals surface area contributed by atoms with E-state index in [0.717, 1.165) is 5.56 Å². The van der Waals surface area contributed by atoms with Crippen LogP contribution in [0.2, 0.25) is 5.02 Å². The van der Waals surface area contributed by atoms with E-state index < -0.39 is 0 Å². The average Bonchev–Trinajstić information content (AvgIpc) is 2.46. The van der Waals surface area contributed by atoms with Gasteiger partial charge in [0.2, 0.25) is 0 Å². The molecule has 0 fully saturated rings. The number of nitrogens with zero attached hydrogens (tertiary/aromatic N) is 1. The molecule has 2 aromatic carbocycles. The first-order valence-electron chi connectivity index (χ1n) is 5.96. The van der Waals surface area contributed by atoms with Crippen molar-refractivity contribution in [2.45, 2.75) is 6.92 Å². The Bertz CT molecular complexity index is 634. The molecule has 4 nitrogen and oxygen atoms in total. The van der Waals surface area contributed by atoms with E-state index in [1.165, 1.54) is 0 Å². The Labute approximate surface area is 121 Å². The topological polar surface area (TPSA) is 61.7 Å². The molecule has 2 aromatic rings. The Morgan fingerprint density at radius 1 is 1.05 bits per heavy atom. The predicted molar refractivity (Wildman–Crippen MR) is 79.2 cm³/mol. The lowest BCUT2D eigenvalue weighted by Crippen LogP contribution is -2.19. The van der Waals surface area contributed by atoms with Gasteiger partial charge in [-0.15, -0.1) is 0 Å². The van der Waals surface area contributed by atoms with Crippen molar-refractivity contribution in [1.29, 1.82) is 0 Å². The van der Waals surface area contributed by atoms with Crippen LogP contribution in [0.15, 0.2) is 53.6 Å². The number of benzene rings is 2. The summed E-state index contributed by atoms with van der Waals surface area (Å²) in [5.74, 6) is -0.119. The van der Waals surface area contributed by atoms with Gasteiger partial charge in [-0.3, -0.25) is 4.79 Å². The fourth-order valence-corrected chi connectivity index (χ4v) is 1.69. The maximum atomic E-state index is 11.8. The monoisotopic (exact) mass is 288 g/mol. The van der Waals surface area contributed by atoms with Crippen molar-refractivity contribution in [3.05, 3.63) is 64.7 Å². The number of rotatable bonds is 3. The molecule has 2 rings (SSSR count). The number of phenols is 1. The van der Waals surface area contributed by atoms with Crippen molar-refractivity contribution >= 4 is 23.2 Å². The largest absolute Gasteiger partial charge is 0.508 e. The van der Waals surface area contributed by atoms with Crippen molar-refractivity contribution in [3.63, 3.8) is 0 Å². The second-order valence-corrected chi connectivity index (χ2v) is 4.63. The third-order valence-electron chi connectivity index (χ3n) is 2.72. The highest BCUT2D eigenvalue weighted by atomic mass is 35.5. The molecule has 0 bridgehead atoms. The Morgan fingerprint density at radius 3 is 2.20 bits per heavy atom. The van der Waals surface area contributed by atoms with Gasteiger partial charge in [0, 0.05) is 10.6 Å². The smallest absolute Gasteiger partial charge is 0.271 e. The van der Waals surface area contributed by atoms with E-state index in [1.807, 2.05) is 0 Å². The second-order valence-electron chi connectivity index (χ2n) is 4.19. The lowest BCUT2D eigenvalue weighted by molar-refractivity contribution is 0.0955. The van der Waals surface area contributed by atoms with Crippen LogP contribution in [0.1, 0.15) is 22.8 Å². The minimum absolute atomic E-state index is 0.187. The number of carbonyl (C=O) groups excluding carboxylic acids is 1. The third kappa shape index (κ3) is 3.59. The summed E-state index contributed by atoms with van der Waals surface area (Å²) in [6.45, 7) is 1.77. The highest BCUT2D eigenvalue weighted by Gasteiger charge is 2.04. The molecule has 20 heavy (non-hydrogen) atoms. The van der Waals surface area contributed by atoms with Gasteiger partial charge in [0.15, 0.2) is 0 Å². The highest BCUT2D eigenvalue weighted by Crippen LogP contribution is 2.11. The number of carbonyl (C=O) groups is 1. The van der Waals surface area contributed by atoms with Crippen LogP contribution < -0.4 is 5.43 Å². The van der Waals surface area contributed by atoms with Crippen molar-refractivity contribution < 1.29 is 9.90 Å². The summed E-state index contributed by atoms with van der Waals surface area (Å²) in [5, 5.41) is 13.8. The Kier molecular flexibility index (Phi) is 4.38. The first-order valence-corrected chi connectivity index (χ1v) is 6.33. The van der Waals surface area contributed by atoms with Crippen molar-refractivity contribution in [3.8, 4) is 5.75 Å². The molecule has 0 radical (unpaired) electrons. The van der Waals surface area contributed by atoms with Gasteiger partial charge < -0.3 is 5.11 Å². The van der Waals surface area contributed by atoms with E-state index in [-0.39, 0.29) is 11.7 Å². The van der Waals surface area contributed by atoms with Crippen molar-refractivity contribution in [1.82, 2.24) is 5.43 Å². The molecule has 2 N–H and O–H groups in total. The number of amides is 1. The van der Waals surface area contributed by atoms with Gasteiger partial charge >= 0.3 is 0 Å². The zero-order chi connectivity index (χ0) is 14.5. The zero-order valence-corrected chi connectivity index (χ0v) is 11.6. The number of aromatic hydroxyl groups is 1. The molecular weight excluding hydrogens is 276 g/mol. The van der Waals surface area contributed by atoms with Crippen LogP contribution in [0.3, 0.4) is 0 Å². The van der Waals surface area contributed by atoms with Crippen LogP contribution in [0.4, 0.5) is 0 Å². The SMILES string of the molecule is CC(=NNC(=O)c1ccc(Cl)cc1)c1ccc(O)cc1. The van der Waals surface area contributed by atoms with Crippen molar-refractivity contribution in [2.24, 2.45) is 5.10 Å². The first-order chi connectivity index (χ1) is 9.56. The lowest BCUT2D eigenvalue weighted by Gasteiger charge is -2.03. The molecule has 0 atom stereocenters. The van der Waals surface area contributed by atoms with Crippen LogP contribution in [0.5, 0.6) is 5.75 Å². The summed E-state index contributed by atoms with van der Waals surface area (Å²) in [6, 6.07) is 13.1. The number of halogens is 1. The average molecular weight is 289 g/mol. The number of phenolic OH excluding ortho intramolecular Hbond substituents is 1. The maximum absolute atomic E-state index is 11.8. The molecule has 102 valence electrons. The molecule has 5 heteroatoms. The van der Waals surface area contributed by atoms with E-state index in [1.54, 1.807) is 55.5 Å². The predicted octanol–water partition coefficient (Wildman–Crippen LogP) is 3.20. The van der Waals surface area contributed by atoms with Crippen molar-refractivity contribution in [2.75, 3.05) is 0 Å². The first kappa shape index (κ1) is 14.1.